The van der Waals surface area contributed by atoms with Crippen LogP contribution in [-0.4, -0.2) is 19.8 Å². The third-order valence-corrected chi connectivity index (χ3v) is 4.21. The highest BCUT2D eigenvalue weighted by Gasteiger charge is 2.12. The van der Waals surface area contributed by atoms with E-state index < -0.39 is 0 Å². The lowest BCUT2D eigenvalue weighted by Crippen LogP contribution is -2.17. The van der Waals surface area contributed by atoms with E-state index >= 15 is 0 Å². The van der Waals surface area contributed by atoms with E-state index in [1.807, 2.05) is 25.1 Å². The molecule has 0 radical (unpaired) electrons. The molecule has 2 aromatic rings. The predicted octanol–water partition coefficient (Wildman–Crippen LogP) is 4.35. The van der Waals surface area contributed by atoms with Crippen molar-refractivity contribution in [3.05, 3.63) is 57.2 Å². The molecule has 6 heteroatoms. The zero-order valence-corrected chi connectivity index (χ0v) is 17.1. The Bertz CT molecular complexity index is 690. The van der Waals surface area contributed by atoms with Gasteiger partial charge in [-0.15, -0.1) is 12.4 Å². The number of hydrogen-bond acceptors (Lipinski definition) is 4. The molecule has 134 valence electrons. The van der Waals surface area contributed by atoms with Gasteiger partial charge in [-0.2, -0.15) is 5.26 Å². The zero-order valence-electron chi connectivity index (χ0n) is 14.1. The van der Waals surface area contributed by atoms with Gasteiger partial charge in [0.2, 0.25) is 0 Å². The van der Waals surface area contributed by atoms with Gasteiger partial charge in [0.15, 0.2) is 18.1 Å². The molecule has 0 spiro atoms. The summed E-state index contributed by atoms with van der Waals surface area (Å²) < 4.78 is 12.1. The fraction of sp³-hybridized carbons (Fsp3) is 0.316. The van der Waals surface area contributed by atoms with E-state index in [2.05, 4.69) is 58.2 Å². The van der Waals surface area contributed by atoms with Gasteiger partial charge in [0, 0.05) is 6.54 Å². The monoisotopic (exact) mass is 472 g/mol. The van der Waals surface area contributed by atoms with Gasteiger partial charge >= 0.3 is 0 Å². The molecule has 0 heterocycles. The van der Waals surface area contributed by atoms with Crippen molar-refractivity contribution in [2.45, 2.75) is 19.9 Å². The molecule has 4 nitrogen and oxygen atoms in total. The van der Waals surface area contributed by atoms with Crippen LogP contribution in [0.4, 0.5) is 0 Å². The predicted molar refractivity (Wildman–Crippen MR) is 111 cm³/mol. The van der Waals surface area contributed by atoms with Crippen molar-refractivity contribution in [3.63, 3.8) is 0 Å². The number of hydrogen-bond donors (Lipinski definition) is 1. The van der Waals surface area contributed by atoms with Gasteiger partial charge in [-0.25, -0.2) is 0 Å². The highest BCUT2D eigenvalue weighted by molar-refractivity contribution is 14.1. The normalized spacial score (nSPS) is 9.80. The number of nitrogens with one attached hydrogen (secondary N) is 1. The van der Waals surface area contributed by atoms with Crippen LogP contribution >= 0.6 is 35.0 Å². The van der Waals surface area contributed by atoms with Gasteiger partial charge < -0.3 is 14.8 Å². The molecule has 1 N–H and O–H groups in total. The Labute approximate surface area is 169 Å². The van der Waals surface area contributed by atoms with Gasteiger partial charge in [-0.3, -0.25) is 0 Å². The summed E-state index contributed by atoms with van der Waals surface area (Å²) in [7, 11) is 0. The highest BCUT2D eigenvalue weighted by atomic mass is 127. The second kappa shape index (κ2) is 12.0. The van der Waals surface area contributed by atoms with Crippen LogP contribution in [0.1, 0.15) is 18.1 Å². The molecule has 25 heavy (non-hydrogen) atoms. The van der Waals surface area contributed by atoms with Crippen LogP contribution in [0.5, 0.6) is 11.5 Å². The van der Waals surface area contributed by atoms with Crippen LogP contribution in [0.25, 0.3) is 0 Å². The lowest BCUT2D eigenvalue weighted by atomic mass is 10.1. The smallest absolute Gasteiger partial charge is 0.176 e. The summed E-state index contributed by atoms with van der Waals surface area (Å²) in [4.78, 5) is 0. The Morgan fingerprint density at radius 1 is 1.12 bits per heavy atom. The molecular weight excluding hydrogens is 451 g/mol. The van der Waals surface area contributed by atoms with E-state index in [4.69, 9.17) is 14.7 Å². The molecule has 2 rings (SSSR count). The van der Waals surface area contributed by atoms with Gasteiger partial charge in [0.25, 0.3) is 0 Å². The average molecular weight is 473 g/mol. The molecule has 0 bridgehead atoms. The van der Waals surface area contributed by atoms with Crippen LogP contribution in [0.15, 0.2) is 42.5 Å². The number of nitrogens with zero attached hydrogens (tertiary/aromatic N) is 1. The summed E-state index contributed by atoms with van der Waals surface area (Å²) in [5.74, 6) is 1.34. The third-order valence-electron chi connectivity index (χ3n) is 3.41. The summed E-state index contributed by atoms with van der Waals surface area (Å²) in [5.41, 5.74) is 2.47. The molecule has 0 atom stereocenters. The molecule has 2 aromatic carbocycles. The molecule has 0 aliphatic heterocycles. The van der Waals surface area contributed by atoms with E-state index in [0.717, 1.165) is 28.6 Å². The Balaban J connectivity index is 0.00000312. The van der Waals surface area contributed by atoms with Gasteiger partial charge in [-0.1, -0.05) is 30.3 Å². The highest BCUT2D eigenvalue weighted by Crippen LogP contribution is 2.34. The molecular formula is C19H22ClIN2O2. The maximum Gasteiger partial charge on any atom is 0.176 e. The Morgan fingerprint density at radius 2 is 1.88 bits per heavy atom. The minimum absolute atomic E-state index is 0. The zero-order chi connectivity index (χ0) is 17.2. The second-order valence-corrected chi connectivity index (χ2v) is 6.36. The summed E-state index contributed by atoms with van der Waals surface area (Å²) in [6.07, 6.45) is 1.000. The fourth-order valence-corrected chi connectivity index (χ4v) is 3.16. The Kier molecular flexibility index (Phi) is 10.3. The molecule has 0 amide bonds. The standard InChI is InChI=1S/C19H21IN2O2.ClH/c1-2-23-18-13-16(12-17(20)19(18)24-11-9-21)14-22-10-8-15-6-4-3-5-7-15;/h3-7,12-13,22H,2,8,10-11,14H2,1H3;1H. The maximum atomic E-state index is 8.70. The van der Waals surface area contributed by atoms with Crippen molar-refractivity contribution in [2.24, 2.45) is 0 Å². The van der Waals surface area contributed by atoms with E-state index in [9.17, 15) is 0 Å². The Hall–Kier alpha value is -1.49. The number of ether oxygens (including phenoxy) is 2. The van der Waals surface area contributed by atoms with Crippen molar-refractivity contribution < 1.29 is 9.47 Å². The summed E-state index contributed by atoms with van der Waals surface area (Å²) >= 11 is 2.22. The quantitative estimate of drug-likeness (QED) is 0.436. The fourth-order valence-electron chi connectivity index (χ4n) is 2.34. The lowest BCUT2D eigenvalue weighted by molar-refractivity contribution is 0.296. The van der Waals surface area contributed by atoms with Crippen molar-refractivity contribution in [1.82, 2.24) is 5.32 Å². The molecule has 0 aliphatic rings. The first-order valence-electron chi connectivity index (χ1n) is 7.94. The molecule has 0 fully saturated rings. The van der Waals surface area contributed by atoms with E-state index in [1.165, 1.54) is 5.56 Å². The van der Waals surface area contributed by atoms with Crippen LogP contribution in [0.3, 0.4) is 0 Å². The van der Waals surface area contributed by atoms with Crippen LogP contribution in [-0.2, 0) is 13.0 Å². The molecule has 0 aromatic heterocycles. The number of halogens is 2. The minimum Gasteiger partial charge on any atom is -0.490 e. The number of rotatable bonds is 9. The summed E-state index contributed by atoms with van der Waals surface area (Å²) in [5, 5.41) is 12.2. The van der Waals surface area contributed by atoms with E-state index in [-0.39, 0.29) is 19.0 Å². The van der Waals surface area contributed by atoms with E-state index in [0.29, 0.717) is 18.1 Å². The van der Waals surface area contributed by atoms with Crippen LogP contribution in [0, 0.1) is 14.9 Å². The van der Waals surface area contributed by atoms with Crippen molar-refractivity contribution in [2.75, 3.05) is 19.8 Å². The van der Waals surface area contributed by atoms with Crippen molar-refractivity contribution in [3.8, 4) is 17.6 Å². The number of nitriles is 1. The Morgan fingerprint density at radius 3 is 2.56 bits per heavy atom. The SMILES string of the molecule is CCOc1cc(CNCCc2ccccc2)cc(I)c1OCC#N.Cl. The number of benzene rings is 2. The van der Waals surface area contributed by atoms with Crippen molar-refractivity contribution >= 4 is 35.0 Å². The first-order valence-corrected chi connectivity index (χ1v) is 9.02. The topological polar surface area (TPSA) is 54.3 Å². The first kappa shape index (κ1) is 21.6. The van der Waals surface area contributed by atoms with Crippen molar-refractivity contribution in [1.29, 1.82) is 5.26 Å². The largest absolute Gasteiger partial charge is 0.490 e. The van der Waals surface area contributed by atoms with E-state index in [1.54, 1.807) is 0 Å². The average Bonchev–Trinajstić information content (AvgIpc) is 2.59. The van der Waals surface area contributed by atoms with Gasteiger partial charge in [-0.05, 0) is 65.7 Å². The maximum absolute atomic E-state index is 8.70. The van der Waals surface area contributed by atoms with Crippen LogP contribution in [0.2, 0.25) is 0 Å². The lowest BCUT2D eigenvalue weighted by Gasteiger charge is -2.14. The third kappa shape index (κ3) is 7.10. The molecule has 0 saturated carbocycles. The van der Waals surface area contributed by atoms with Gasteiger partial charge in [0.1, 0.15) is 6.07 Å². The molecule has 0 saturated heterocycles. The van der Waals surface area contributed by atoms with Crippen LogP contribution < -0.4 is 14.8 Å². The summed E-state index contributed by atoms with van der Waals surface area (Å²) in [6, 6.07) is 16.5. The second-order valence-electron chi connectivity index (χ2n) is 5.20. The minimum atomic E-state index is 0. The van der Waals surface area contributed by atoms with Gasteiger partial charge in [0.05, 0.1) is 10.2 Å². The molecule has 0 unspecified atom stereocenters. The first-order chi connectivity index (χ1) is 11.7. The molecule has 0 aliphatic carbocycles. The summed E-state index contributed by atoms with van der Waals surface area (Å²) in [6.45, 7) is 4.19.